The zero-order chi connectivity index (χ0) is 13.8. The van der Waals surface area contributed by atoms with Crippen molar-refractivity contribution < 1.29 is 4.74 Å². The molecular formula is C18H21NO. The minimum atomic E-state index is 0.306. The lowest BCUT2D eigenvalue weighted by atomic mass is 9.90. The molecule has 2 aromatic rings. The first-order valence-electron chi connectivity index (χ1n) is 7.42. The number of hydrogen-bond acceptors (Lipinski definition) is 2. The van der Waals surface area contributed by atoms with Crippen molar-refractivity contribution in [2.24, 2.45) is 0 Å². The van der Waals surface area contributed by atoms with Gasteiger partial charge in [0, 0.05) is 6.54 Å². The lowest BCUT2D eigenvalue weighted by Crippen LogP contribution is -2.30. The first kappa shape index (κ1) is 13.2. The highest BCUT2D eigenvalue weighted by molar-refractivity contribution is 5.41. The summed E-state index contributed by atoms with van der Waals surface area (Å²) in [5.74, 6) is 0.958. The average Bonchev–Trinajstić information content (AvgIpc) is 2.53. The summed E-state index contributed by atoms with van der Waals surface area (Å²) in [5.41, 5.74) is 4.17. The first-order chi connectivity index (χ1) is 9.88. The molecule has 0 saturated carbocycles. The average molecular weight is 267 g/mol. The minimum Gasteiger partial charge on any atom is -0.494 e. The Morgan fingerprint density at radius 2 is 1.90 bits per heavy atom. The van der Waals surface area contributed by atoms with Gasteiger partial charge in [0.15, 0.2) is 0 Å². The van der Waals surface area contributed by atoms with E-state index in [2.05, 4.69) is 60.8 Å². The van der Waals surface area contributed by atoms with Crippen molar-refractivity contribution in [1.29, 1.82) is 0 Å². The predicted octanol–water partition coefficient (Wildman–Crippen LogP) is 3.71. The third-order valence-corrected chi connectivity index (χ3v) is 3.80. The Balaban J connectivity index is 1.83. The fourth-order valence-electron chi connectivity index (χ4n) is 2.78. The fraction of sp³-hybridized carbons (Fsp3) is 0.333. The second kappa shape index (κ2) is 6.10. The zero-order valence-electron chi connectivity index (χ0n) is 11.9. The van der Waals surface area contributed by atoms with Crippen molar-refractivity contribution in [3.05, 3.63) is 65.2 Å². The minimum absolute atomic E-state index is 0.306. The molecule has 1 aliphatic heterocycles. The van der Waals surface area contributed by atoms with Crippen LogP contribution in [0.1, 0.15) is 36.1 Å². The predicted molar refractivity (Wildman–Crippen MR) is 82.2 cm³/mol. The van der Waals surface area contributed by atoms with Gasteiger partial charge in [0.1, 0.15) is 5.75 Å². The number of hydrogen-bond donors (Lipinski definition) is 1. The van der Waals surface area contributed by atoms with Gasteiger partial charge >= 0.3 is 0 Å². The molecule has 20 heavy (non-hydrogen) atoms. The number of rotatable bonds is 4. The Morgan fingerprint density at radius 3 is 2.70 bits per heavy atom. The fourth-order valence-corrected chi connectivity index (χ4v) is 2.78. The van der Waals surface area contributed by atoms with Crippen LogP contribution in [0, 0.1) is 0 Å². The van der Waals surface area contributed by atoms with E-state index in [-0.39, 0.29) is 0 Å². The lowest BCUT2D eigenvalue weighted by Gasteiger charge is -2.27. The van der Waals surface area contributed by atoms with Crippen molar-refractivity contribution in [1.82, 2.24) is 5.32 Å². The van der Waals surface area contributed by atoms with Gasteiger partial charge in [-0.3, -0.25) is 0 Å². The smallest absolute Gasteiger partial charge is 0.119 e. The number of ether oxygens (including phenoxy) is 1. The second-order valence-corrected chi connectivity index (χ2v) is 5.25. The van der Waals surface area contributed by atoms with Gasteiger partial charge in [0.25, 0.3) is 0 Å². The molecule has 0 spiro atoms. The molecule has 1 unspecified atom stereocenters. The van der Waals surface area contributed by atoms with Crippen molar-refractivity contribution >= 4 is 0 Å². The van der Waals surface area contributed by atoms with E-state index < -0.39 is 0 Å². The molecule has 0 radical (unpaired) electrons. The molecule has 1 heterocycles. The summed E-state index contributed by atoms with van der Waals surface area (Å²) >= 11 is 0. The molecule has 0 bridgehead atoms. The third-order valence-electron chi connectivity index (χ3n) is 3.80. The van der Waals surface area contributed by atoms with Crippen molar-refractivity contribution in [3.8, 4) is 5.75 Å². The lowest BCUT2D eigenvalue weighted by molar-refractivity contribution is 0.317. The van der Waals surface area contributed by atoms with Crippen molar-refractivity contribution in [2.75, 3.05) is 13.2 Å². The van der Waals surface area contributed by atoms with Crippen LogP contribution in [0.2, 0.25) is 0 Å². The van der Waals surface area contributed by atoms with Crippen LogP contribution in [0.4, 0.5) is 0 Å². The number of nitrogens with one attached hydrogen (secondary N) is 1. The van der Waals surface area contributed by atoms with Gasteiger partial charge in [-0.15, -0.1) is 0 Å². The summed E-state index contributed by atoms with van der Waals surface area (Å²) in [7, 11) is 0. The number of benzene rings is 2. The molecule has 0 saturated heterocycles. The van der Waals surface area contributed by atoms with E-state index >= 15 is 0 Å². The van der Waals surface area contributed by atoms with Crippen LogP contribution in [0.5, 0.6) is 5.75 Å². The summed E-state index contributed by atoms with van der Waals surface area (Å²) in [6, 6.07) is 17.5. The molecule has 0 aliphatic carbocycles. The molecule has 2 heteroatoms. The highest BCUT2D eigenvalue weighted by Crippen LogP contribution is 2.29. The van der Waals surface area contributed by atoms with Gasteiger partial charge < -0.3 is 10.1 Å². The van der Waals surface area contributed by atoms with Crippen molar-refractivity contribution in [2.45, 2.75) is 25.8 Å². The van der Waals surface area contributed by atoms with E-state index in [0.717, 1.165) is 31.7 Å². The molecule has 0 amide bonds. The maximum Gasteiger partial charge on any atom is 0.119 e. The highest BCUT2D eigenvalue weighted by atomic mass is 16.5. The molecule has 2 nitrogen and oxygen atoms in total. The Labute approximate surface area is 120 Å². The molecule has 0 aromatic heterocycles. The summed E-state index contributed by atoms with van der Waals surface area (Å²) in [4.78, 5) is 0. The van der Waals surface area contributed by atoms with Gasteiger partial charge in [-0.1, -0.05) is 43.3 Å². The molecule has 0 fully saturated rings. The standard InChI is InChI=1S/C18H21NO/c1-2-13-20-16-9-7-15(8-10-16)18-17-6-4-3-5-14(17)11-12-19-18/h3-10,18-19H,2,11-13H2,1H3. The zero-order valence-corrected chi connectivity index (χ0v) is 11.9. The van der Waals surface area contributed by atoms with Crippen LogP contribution in [0.15, 0.2) is 48.5 Å². The van der Waals surface area contributed by atoms with Crippen LogP contribution in [0.3, 0.4) is 0 Å². The summed E-state index contributed by atoms with van der Waals surface area (Å²) in [6.07, 6.45) is 2.16. The number of fused-ring (bicyclic) bond motifs is 1. The van der Waals surface area contributed by atoms with E-state index in [0.29, 0.717) is 6.04 Å². The van der Waals surface area contributed by atoms with E-state index in [1.54, 1.807) is 0 Å². The van der Waals surface area contributed by atoms with Gasteiger partial charge in [0.05, 0.1) is 12.6 Å². The highest BCUT2D eigenvalue weighted by Gasteiger charge is 2.20. The maximum atomic E-state index is 5.65. The topological polar surface area (TPSA) is 21.3 Å². The SMILES string of the molecule is CCCOc1ccc(C2NCCc3ccccc32)cc1. The third kappa shape index (κ3) is 2.70. The Kier molecular flexibility index (Phi) is 4.03. The van der Waals surface area contributed by atoms with Crippen molar-refractivity contribution in [3.63, 3.8) is 0 Å². The van der Waals surface area contributed by atoms with Crippen LogP contribution in [-0.4, -0.2) is 13.2 Å². The largest absolute Gasteiger partial charge is 0.494 e. The Hall–Kier alpha value is -1.80. The molecule has 1 atom stereocenters. The van der Waals surface area contributed by atoms with Gasteiger partial charge in [-0.05, 0) is 41.7 Å². The van der Waals surface area contributed by atoms with Gasteiger partial charge in [-0.2, -0.15) is 0 Å². The van der Waals surface area contributed by atoms with E-state index in [9.17, 15) is 0 Å². The van der Waals surface area contributed by atoms with E-state index in [1.165, 1.54) is 16.7 Å². The first-order valence-corrected chi connectivity index (χ1v) is 7.42. The van der Waals surface area contributed by atoms with Gasteiger partial charge in [-0.25, -0.2) is 0 Å². The Bertz CT molecular complexity index is 562. The van der Waals surface area contributed by atoms with Crippen LogP contribution in [0.25, 0.3) is 0 Å². The van der Waals surface area contributed by atoms with Crippen LogP contribution < -0.4 is 10.1 Å². The van der Waals surface area contributed by atoms with E-state index in [4.69, 9.17) is 4.74 Å². The van der Waals surface area contributed by atoms with Crippen LogP contribution in [-0.2, 0) is 6.42 Å². The van der Waals surface area contributed by atoms with E-state index in [1.807, 2.05) is 0 Å². The summed E-state index contributed by atoms with van der Waals surface area (Å²) in [6.45, 7) is 3.94. The van der Waals surface area contributed by atoms with Crippen LogP contribution >= 0.6 is 0 Å². The molecule has 1 N–H and O–H groups in total. The normalized spacial score (nSPS) is 17.6. The summed E-state index contributed by atoms with van der Waals surface area (Å²) in [5, 5.41) is 3.61. The molecule has 3 rings (SSSR count). The second-order valence-electron chi connectivity index (χ2n) is 5.25. The maximum absolute atomic E-state index is 5.65. The molecule has 104 valence electrons. The van der Waals surface area contributed by atoms with Gasteiger partial charge in [0.2, 0.25) is 0 Å². The summed E-state index contributed by atoms with van der Waals surface area (Å²) < 4.78 is 5.65. The monoisotopic (exact) mass is 267 g/mol. The molecule has 1 aliphatic rings. The molecular weight excluding hydrogens is 246 g/mol. The quantitative estimate of drug-likeness (QED) is 0.911. The molecule has 2 aromatic carbocycles. The Morgan fingerprint density at radius 1 is 1.10 bits per heavy atom.